The monoisotopic (exact) mass is 534 g/mol. The molecule has 1 aromatic carbocycles. The van der Waals surface area contributed by atoms with Gasteiger partial charge < -0.3 is 18.9 Å². The summed E-state index contributed by atoms with van der Waals surface area (Å²) in [4.78, 5) is 31.3. The van der Waals surface area contributed by atoms with Gasteiger partial charge in [0, 0.05) is 30.4 Å². The Bertz CT molecular complexity index is 1610. The highest BCUT2D eigenvalue weighted by Gasteiger charge is 2.26. The van der Waals surface area contributed by atoms with Gasteiger partial charge in [0.05, 0.1) is 25.5 Å². The summed E-state index contributed by atoms with van der Waals surface area (Å²) in [6.07, 6.45) is 4.07. The average molecular weight is 535 g/mol. The van der Waals surface area contributed by atoms with Crippen molar-refractivity contribution in [3.8, 4) is 17.4 Å². The summed E-state index contributed by atoms with van der Waals surface area (Å²) in [7, 11) is 1.46. The van der Waals surface area contributed by atoms with E-state index in [2.05, 4.69) is 19.9 Å². The number of carbonyl (C=O) groups excluding carboxylic acids is 1. The number of aryl methyl sites for hydroxylation is 1. The molecule has 202 valence electrons. The van der Waals surface area contributed by atoms with Crippen LogP contribution in [0.2, 0.25) is 0 Å². The molecule has 0 atom stereocenters. The van der Waals surface area contributed by atoms with E-state index in [9.17, 15) is 9.18 Å². The number of pyridine rings is 1. The standard InChI is InChI=1S/C28H28F2N6O3/c1-16-23-25(34-26(32-16)38-5)36(24(33-23)20-10-21(29)13-31-12-20)15-19-7-6-17(11-22(19)30)18-8-9-35(14-18)27(37)39-28(2,3)4/h6-8,10-13H,9,14-15H2,1-5H3. The smallest absolute Gasteiger partial charge is 0.410 e. The third-order valence-electron chi connectivity index (χ3n) is 6.22. The van der Waals surface area contributed by atoms with Gasteiger partial charge in [0.25, 0.3) is 0 Å². The molecule has 9 nitrogen and oxygen atoms in total. The highest BCUT2D eigenvalue weighted by molar-refractivity contribution is 5.80. The van der Waals surface area contributed by atoms with Gasteiger partial charge >= 0.3 is 12.1 Å². The first-order valence-corrected chi connectivity index (χ1v) is 12.4. The van der Waals surface area contributed by atoms with Gasteiger partial charge in [-0.3, -0.25) is 4.98 Å². The second-order valence-electron chi connectivity index (χ2n) is 10.3. The van der Waals surface area contributed by atoms with Crippen LogP contribution in [-0.4, -0.2) is 61.3 Å². The zero-order valence-corrected chi connectivity index (χ0v) is 22.3. The Balaban J connectivity index is 1.47. The number of methoxy groups -OCH3 is 1. The van der Waals surface area contributed by atoms with Crippen LogP contribution in [0.4, 0.5) is 13.6 Å². The highest BCUT2D eigenvalue weighted by Crippen LogP contribution is 2.29. The lowest BCUT2D eigenvalue weighted by Crippen LogP contribution is -2.35. The van der Waals surface area contributed by atoms with Crippen LogP contribution in [0.15, 0.2) is 42.7 Å². The molecule has 5 rings (SSSR count). The summed E-state index contributed by atoms with van der Waals surface area (Å²) in [5.41, 5.74) is 3.19. The minimum atomic E-state index is -0.598. The highest BCUT2D eigenvalue weighted by atomic mass is 19.1. The first-order valence-electron chi connectivity index (χ1n) is 12.4. The van der Waals surface area contributed by atoms with Crippen LogP contribution in [0.3, 0.4) is 0 Å². The lowest BCUT2D eigenvalue weighted by molar-refractivity contribution is 0.0306. The maximum atomic E-state index is 15.5. The summed E-state index contributed by atoms with van der Waals surface area (Å²) in [6, 6.07) is 6.40. The number of fused-ring (bicyclic) bond motifs is 1. The minimum Gasteiger partial charge on any atom is -0.467 e. The molecule has 0 saturated heterocycles. The van der Waals surface area contributed by atoms with E-state index in [-0.39, 0.29) is 12.6 Å². The molecular weight excluding hydrogens is 506 g/mol. The van der Waals surface area contributed by atoms with Crippen molar-refractivity contribution in [1.82, 2.24) is 29.4 Å². The van der Waals surface area contributed by atoms with Crippen molar-refractivity contribution in [3.63, 3.8) is 0 Å². The van der Waals surface area contributed by atoms with Crippen molar-refractivity contribution in [2.45, 2.75) is 39.8 Å². The zero-order valence-electron chi connectivity index (χ0n) is 22.3. The third-order valence-corrected chi connectivity index (χ3v) is 6.22. The summed E-state index contributed by atoms with van der Waals surface area (Å²) in [6.45, 7) is 7.98. The van der Waals surface area contributed by atoms with E-state index in [0.717, 1.165) is 11.8 Å². The van der Waals surface area contributed by atoms with Crippen molar-refractivity contribution >= 4 is 22.8 Å². The fourth-order valence-corrected chi connectivity index (χ4v) is 4.38. The largest absolute Gasteiger partial charge is 0.467 e. The number of halogens is 2. The van der Waals surface area contributed by atoms with Gasteiger partial charge in [-0.1, -0.05) is 18.2 Å². The van der Waals surface area contributed by atoms with Gasteiger partial charge in [-0.05, 0) is 51.0 Å². The first kappa shape index (κ1) is 26.2. The Morgan fingerprint density at radius 3 is 2.56 bits per heavy atom. The molecule has 1 aliphatic rings. The fraction of sp³-hybridized carbons (Fsp3) is 0.321. The van der Waals surface area contributed by atoms with Crippen LogP contribution < -0.4 is 4.74 Å². The number of imidazole rings is 1. The van der Waals surface area contributed by atoms with E-state index in [1.807, 2.05) is 32.9 Å². The number of ether oxygens (including phenoxy) is 2. The van der Waals surface area contributed by atoms with E-state index in [0.29, 0.717) is 52.5 Å². The first-order chi connectivity index (χ1) is 18.5. The number of amides is 1. The minimum absolute atomic E-state index is 0.0666. The molecule has 0 saturated carbocycles. The van der Waals surface area contributed by atoms with Crippen LogP contribution in [0.25, 0.3) is 28.1 Å². The maximum absolute atomic E-state index is 15.5. The van der Waals surface area contributed by atoms with Crippen LogP contribution >= 0.6 is 0 Å². The molecule has 0 spiro atoms. The van der Waals surface area contributed by atoms with Crippen molar-refractivity contribution in [2.24, 2.45) is 0 Å². The Morgan fingerprint density at radius 1 is 1.08 bits per heavy atom. The Hall–Kier alpha value is -4.41. The van der Waals surface area contributed by atoms with Crippen LogP contribution in [0.5, 0.6) is 6.01 Å². The summed E-state index contributed by atoms with van der Waals surface area (Å²) < 4.78 is 41.9. The third kappa shape index (κ3) is 5.43. The Morgan fingerprint density at radius 2 is 1.87 bits per heavy atom. The van der Waals surface area contributed by atoms with Crippen molar-refractivity contribution in [3.05, 3.63) is 71.2 Å². The number of benzene rings is 1. The second-order valence-corrected chi connectivity index (χ2v) is 10.3. The van der Waals surface area contributed by atoms with Gasteiger partial charge in [0.2, 0.25) is 0 Å². The van der Waals surface area contributed by atoms with Crippen molar-refractivity contribution in [2.75, 3.05) is 20.2 Å². The number of hydrogen-bond donors (Lipinski definition) is 0. The van der Waals surface area contributed by atoms with Crippen molar-refractivity contribution < 1.29 is 23.0 Å². The molecule has 1 aliphatic heterocycles. The van der Waals surface area contributed by atoms with Gasteiger partial charge in [0.1, 0.15) is 28.6 Å². The molecular formula is C28H28F2N6O3. The maximum Gasteiger partial charge on any atom is 0.410 e. The van der Waals surface area contributed by atoms with Crippen LogP contribution in [0, 0.1) is 18.6 Å². The predicted octanol–water partition coefficient (Wildman–Crippen LogP) is 5.17. The molecule has 4 aromatic rings. The summed E-state index contributed by atoms with van der Waals surface area (Å²) >= 11 is 0. The van der Waals surface area contributed by atoms with E-state index in [1.54, 1.807) is 22.5 Å². The average Bonchev–Trinajstić information content (AvgIpc) is 3.50. The SMILES string of the molecule is COc1nc(C)c2nc(-c3cncc(F)c3)n(Cc3ccc(C4=CCN(C(=O)OC(C)(C)C)C4)cc3F)c2n1. The topological polar surface area (TPSA) is 95.3 Å². The molecule has 0 aliphatic carbocycles. The number of hydrogen-bond acceptors (Lipinski definition) is 7. The number of nitrogens with zero attached hydrogens (tertiary/aromatic N) is 6. The lowest BCUT2D eigenvalue weighted by atomic mass is 10.0. The zero-order chi connectivity index (χ0) is 27.9. The summed E-state index contributed by atoms with van der Waals surface area (Å²) in [5, 5.41) is 0. The molecule has 0 bridgehead atoms. The molecule has 3 aromatic heterocycles. The van der Waals surface area contributed by atoms with E-state index in [4.69, 9.17) is 9.47 Å². The van der Waals surface area contributed by atoms with E-state index >= 15 is 4.39 Å². The second kappa shape index (κ2) is 10.0. The van der Waals surface area contributed by atoms with Gasteiger partial charge in [0.15, 0.2) is 5.65 Å². The molecule has 0 unspecified atom stereocenters. The Labute approximate surface area is 224 Å². The van der Waals surface area contributed by atoms with Crippen LogP contribution in [-0.2, 0) is 11.3 Å². The lowest BCUT2D eigenvalue weighted by Gasteiger charge is -2.24. The molecule has 0 N–H and O–H groups in total. The molecule has 0 radical (unpaired) electrons. The fourth-order valence-electron chi connectivity index (χ4n) is 4.38. The Kier molecular flexibility index (Phi) is 6.75. The summed E-state index contributed by atoms with van der Waals surface area (Å²) in [5.74, 6) is -0.586. The number of carbonyl (C=O) groups is 1. The molecule has 11 heteroatoms. The van der Waals surface area contributed by atoms with Gasteiger partial charge in [-0.2, -0.15) is 9.97 Å². The van der Waals surface area contributed by atoms with Crippen molar-refractivity contribution in [1.29, 1.82) is 0 Å². The molecule has 39 heavy (non-hydrogen) atoms. The molecule has 0 fully saturated rings. The van der Waals surface area contributed by atoms with Gasteiger partial charge in [-0.25, -0.2) is 18.6 Å². The van der Waals surface area contributed by atoms with E-state index in [1.165, 1.54) is 25.4 Å². The quantitative estimate of drug-likeness (QED) is 0.349. The van der Waals surface area contributed by atoms with Crippen LogP contribution in [0.1, 0.15) is 37.6 Å². The number of rotatable bonds is 5. The molecule has 1 amide bonds. The van der Waals surface area contributed by atoms with E-state index < -0.39 is 23.3 Å². The predicted molar refractivity (Wildman–Crippen MR) is 141 cm³/mol. The number of aromatic nitrogens is 5. The van der Waals surface area contributed by atoms with Gasteiger partial charge in [-0.15, -0.1) is 0 Å². The normalized spacial score (nSPS) is 13.6. The molecule has 4 heterocycles.